The number of hydrogen-bond donors (Lipinski definition) is 0. The molecule has 5 heteroatoms. The van der Waals surface area contributed by atoms with Crippen molar-refractivity contribution in [2.75, 3.05) is 9.80 Å². The van der Waals surface area contributed by atoms with Crippen LogP contribution in [-0.2, 0) is 16.2 Å². The van der Waals surface area contributed by atoms with Gasteiger partial charge in [-0.05, 0) is 123 Å². The molecular weight excluding hydrogens is 711 g/mol. The SMILES string of the molecule is CCC(C)(C)c1ccc(N2c3cc(C)cc4c3B(c3ccc5oc6ccccc6c5c32)c2sc3ccc(C(C)(C)C)cc3c2N4c2ccc(C(C)(C)C)cc2)cc1. The van der Waals surface area contributed by atoms with Gasteiger partial charge in [-0.25, -0.2) is 0 Å². The minimum atomic E-state index is 0.0201. The van der Waals surface area contributed by atoms with Crippen LogP contribution in [0, 0.1) is 6.92 Å². The summed E-state index contributed by atoms with van der Waals surface area (Å²) in [5.74, 6) is 0. The molecule has 3 nitrogen and oxygen atoms in total. The molecule has 57 heavy (non-hydrogen) atoms. The minimum absolute atomic E-state index is 0.0201. The maximum Gasteiger partial charge on any atom is 0.264 e. The van der Waals surface area contributed by atoms with Crippen LogP contribution in [0.4, 0.5) is 34.1 Å². The summed E-state index contributed by atoms with van der Waals surface area (Å²) in [6.45, 7) is 23.1. The van der Waals surface area contributed by atoms with Gasteiger partial charge in [0, 0.05) is 43.0 Å². The molecular formula is C52H51BN2OS. The third-order valence-corrected chi connectivity index (χ3v) is 14.2. The molecule has 2 aliphatic heterocycles. The third-order valence-electron chi connectivity index (χ3n) is 13.0. The molecule has 2 aliphatic rings. The molecule has 4 heterocycles. The molecule has 0 spiro atoms. The Balaban J connectivity index is 1.33. The van der Waals surface area contributed by atoms with Crippen molar-refractivity contribution in [1.82, 2.24) is 0 Å². The fraction of sp³-hybridized carbons (Fsp3) is 0.269. The molecule has 0 radical (unpaired) electrons. The molecule has 10 rings (SSSR count). The predicted octanol–water partition coefficient (Wildman–Crippen LogP) is 13.5. The van der Waals surface area contributed by atoms with E-state index in [-0.39, 0.29) is 23.0 Å². The number of nitrogens with zero attached hydrogens (tertiary/aromatic N) is 2. The van der Waals surface area contributed by atoms with E-state index in [0.717, 1.165) is 28.7 Å². The summed E-state index contributed by atoms with van der Waals surface area (Å²) in [6, 6.07) is 43.9. The number of hydrogen-bond acceptors (Lipinski definition) is 4. The molecule has 0 saturated heterocycles. The average molecular weight is 763 g/mol. The van der Waals surface area contributed by atoms with Crippen molar-refractivity contribution in [2.24, 2.45) is 0 Å². The van der Waals surface area contributed by atoms with E-state index >= 15 is 0 Å². The molecule has 0 saturated carbocycles. The van der Waals surface area contributed by atoms with E-state index in [9.17, 15) is 0 Å². The van der Waals surface area contributed by atoms with Crippen molar-refractivity contribution in [3.8, 4) is 0 Å². The highest BCUT2D eigenvalue weighted by Crippen LogP contribution is 2.51. The summed E-state index contributed by atoms with van der Waals surface area (Å²) in [7, 11) is 0. The summed E-state index contributed by atoms with van der Waals surface area (Å²) in [5, 5.41) is 3.65. The third kappa shape index (κ3) is 5.45. The summed E-state index contributed by atoms with van der Waals surface area (Å²) in [6.07, 6.45) is 1.08. The Bertz CT molecular complexity index is 2900. The average Bonchev–Trinajstić information content (AvgIpc) is 3.76. The Labute approximate surface area is 342 Å². The van der Waals surface area contributed by atoms with Gasteiger partial charge in [0.15, 0.2) is 0 Å². The highest BCUT2D eigenvalue weighted by molar-refractivity contribution is 7.33. The zero-order valence-electron chi connectivity index (χ0n) is 35.0. The van der Waals surface area contributed by atoms with Crippen LogP contribution in [-0.4, -0.2) is 6.71 Å². The summed E-state index contributed by atoms with van der Waals surface area (Å²) in [5.41, 5.74) is 17.3. The Morgan fingerprint density at radius 1 is 0.596 bits per heavy atom. The summed E-state index contributed by atoms with van der Waals surface area (Å²) >= 11 is 1.96. The first-order chi connectivity index (χ1) is 27.1. The van der Waals surface area contributed by atoms with E-state index in [1.165, 1.54) is 81.9 Å². The second-order valence-corrected chi connectivity index (χ2v) is 20.2. The van der Waals surface area contributed by atoms with Gasteiger partial charge in [-0.2, -0.15) is 0 Å². The van der Waals surface area contributed by atoms with E-state index in [1.54, 1.807) is 0 Å². The van der Waals surface area contributed by atoms with Crippen LogP contribution < -0.4 is 25.5 Å². The van der Waals surface area contributed by atoms with E-state index < -0.39 is 0 Å². The number of thiophene rings is 1. The maximum absolute atomic E-state index is 6.64. The number of para-hydroxylation sites is 1. The quantitative estimate of drug-likeness (QED) is 0.167. The van der Waals surface area contributed by atoms with Crippen molar-refractivity contribution in [2.45, 2.75) is 91.9 Å². The number of aryl methyl sites for hydroxylation is 1. The normalized spacial score (nSPS) is 14.1. The van der Waals surface area contributed by atoms with Crippen LogP contribution in [0.2, 0.25) is 0 Å². The van der Waals surface area contributed by atoms with Gasteiger partial charge in [0.2, 0.25) is 0 Å². The lowest BCUT2D eigenvalue weighted by atomic mass is 9.36. The van der Waals surface area contributed by atoms with Gasteiger partial charge in [-0.15, -0.1) is 11.3 Å². The molecule has 2 aromatic heterocycles. The number of furan rings is 1. The lowest BCUT2D eigenvalue weighted by Crippen LogP contribution is -2.60. The van der Waals surface area contributed by atoms with Gasteiger partial charge in [-0.3, -0.25) is 0 Å². The maximum atomic E-state index is 6.64. The minimum Gasteiger partial charge on any atom is -0.456 e. The first-order valence-corrected chi connectivity index (χ1v) is 21.4. The zero-order valence-corrected chi connectivity index (χ0v) is 35.8. The van der Waals surface area contributed by atoms with Gasteiger partial charge >= 0.3 is 0 Å². The lowest BCUT2D eigenvalue weighted by Gasteiger charge is -2.43. The number of rotatable bonds is 4. The van der Waals surface area contributed by atoms with Gasteiger partial charge in [-0.1, -0.05) is 117 Å². The van der Waals surface area contributed by atoms with Crippen molar-refractivity contribution in [3.63, 3.8) is 0 Å². The molecule has 0 aliphatic carbocycles. The van der Waals surface area contributed by atoms with Gasteiger partial charge in [0.1, 0.15) is 11.2 Å². The predicted molar refractivity (Wildman–Crippen MR) is 249 cm³/mol. The second-order valence-electron chi connectivity index (χ2n) is 19.2. The smallest absolute Gasteiger partial charge is 0.264 e. The Kier molecular flexibility index (Phi) is 7.84. The fourth-order valence-corrected chi connectivity index (χ4v) is 10.6. The molecule has 0 N–H and O–H groups in total. The second kappa shape index (κ2) is 12.4. The van der Waals surface area contributed by atoms with Crippen LogP contribution in [0.25, 0.3) is 32.0 Å². The fourth-order valence-electron chi connectivity index (χ4n) is 9.29. The number of anilines is 6. The van der Waals surface area contributed by atoms with Crippen molar-refractivity contribution in [1.29, 1.82) is 0 Å². The standard InChI is InChI=1S/C52H51BN2OS/c1-11-52(9,10)33-18-23-36(24-19-33)55-41-29-31(2)28-40-46(41)53(39-25-26-43-45(48(39)55)37-14-12-13-15-42(37)56-43)49-47(38-30-34(51(6,7)8)20-27-44(38)57-49)54(40)35-21-16-32(17-22-35)50(3,4)5/h12-30H,11H2,1-10H3. The number of fused-ring (bicyclic) bond motifs is 10. The highest BCUT2D eigenvalue weighted by Gasteiger charge is 2.46. The Morgan fingerprint density at radius 2 is 1.19 bits per heavy atom. The van der Waals surface area contributed by atoms with Gasteiger partial charge in [0.05, 0.1) is 16.8 Å². The summed E-state index contributed by atoms with van der Waals surface area (Å²) < 4.78 is 9.35. The molecule has 0 bridgehead atoms. The van der Waals surface area contributed by atoms with E-state index in [1.807, 2.05) is 11.3 Å². The molecule has 0 unspecified atom stereocenters. The van der Waals surface area contributed by atoms with Crippen LogP contribution in [0.15, 0.2) is 120 Å². The van der Waals surface area contributed by atoms with E-state index in [4.69, 9.17) is 4.42 Å². The zero-order chi connectivity index (χ0) is 39.8. The summed E-state index contributed by atoms with van der Waals surface area (Å²) in [4.78, 5) is 5.15. The molecule has 284 valence electrons. The van der Waals surface area contributed by atoms with Crippen LogP contribution >= 0.6 is 11.3 Å². The van der Waals surface area contributed by atoms with E-state index in [2.05, 4.69) is 194 Å². The van der Waals surface area contributed by atoms with E-state index in [0.29, 0.717) is 0 Å². The Hall–Kier alpha value is -5.26. The van der Waals surface area contributed by atoms with Crippen LogP contribution in [0.3, 0.4) is 0 Å². The highest BCUT2D eigenvalue weighted by atomic mass is 32.1. The largest absolute Gasteiger partial charge is 0.456 e. The lowest BCUT2D eigenvalue weighted by molar-refractivity contribution is 0.506. The monoisotopic (exact) mass is 762 g/mol. The number of benzene rings is 6. The molecule has 0 fully saturated rings. The van der Waals surface area contributed by atoms with Crippen LogP contribution in [0.5, 0.6) is 0 Å². The first kappa shape index (κ1) is 36.1. The van der Waals surface area contributed by atoms with Crippen LogP contribution in [0.1, 0.15) is 91.0 Å². The van der Waals surface area contributed by atoms with Gasteiger partial charge in [0.25, 0.3) is 6.71 Å². The van der Waals surface area contributed by atoms with Crippen molar-refractivity contribution >= 4 is 99.9 Å². The molecule has 8 aromatic rings. The van der Waals surface area contributed by atoms with Crippen molar-refractivity contribution < 1.29 is 4.42 Å². The van der Waals surface area contributed by atoms with Crippen molar-refractivity contribution in [3.05, 3.63) is 138 Å². The topological polar surface area (TPSA) is 19.6 Å². The molecule has 0 amide bonds. The Morgan fingerprint density at radius 3 is 1.82 bits per heavy atom. The molecule has 6 aromatic carbocycles. The molecule has 0 atom stereocenters. The first-order valence-electron chi connectivity index (χ1n) is 20.6. The van der Waals surface area contributed by atoms with Gasteiger partial charge < -0.3 is 14.2 Å².